The molecule has 0 saturated carbocycles. The molecular formula is C28H33N5O3. The Balaban J connectivity index is 1.56. The van der Waals surface area contributed by atoms with E-state index >= 15 is 0 Å². The van der Waals surface area contributed by atoms with Crippen LogP contribution in [0.3, 0.4) is 0 Å². The molecular weight excluding hydrogens is 454 g/mol. The maximum absolute atomic E-state index is 13.1. The van der Waals surface area contributed by atoms with Crippen molar-refractivity contribution >= 4 is 17.6 Å². The van der Waals surface area contributed by atoms with Gasteiger partial charge < -0.3 is 26.8 Å². The number of benzene rings is 3. The van der Waals surface area contributed by atoms with Crippen molar-refractivity contribution in [2.45, 2.75) is 44.9 Å². The molecule has 0 unspecified atom stereocenters. The van der Waals surface area contributed by atoms with Crippen LogP contribution in [0, 0.1) is 5.41 Å². The second-order valence-electron chi connectivity index (χ2n) is 8.68. The summed E-state index contributed by atoms with van der Waals surface area (Å²) in [5.41, 5.74) is 9.02. The first kappa shape index (κ1) is 26.4. The number of nitrogen functional groups attached to an aromatic ring is 1. The lowest BCUT2D eigenvalue weighted by molar-refractivity contribution is -0.129. The summed E-state index contributed by atoms with van der Waals surface area (Å²) >= 11 is 0. The predicted octanol–water partition coefficient (Wildman–Crippen LogP) is 2.59. The van der Waals surface area contributed by atoms with Crippen molar-refractivity contribution in [3.8, 4) is 5.75 Å². The minimum Gasteiger partial charge on any atom is -0.508 e. The maximum Gasteiger partial charge on any atom is 0.242 e. The molecule has 0 aliphatic rings. The lowest BCUT2D eigenvalue weighted by Gasteiger charge is -2.21. The molecule has 3 aromatic rings. The van der Waals surface area contributed by atoms with Gasteiger partial charge in [0.05, 0.1) is 6.04 Å². The first-order chi connectivity index (χ1) is 17.3. The monoisotopic (exact) mass is 487 g/mol. The van der Waals surface area contributed by atoms with Crippen molar-refractivity contribution in [2.75, 3.05) is 0 Å². The molecule has 0 fully saturated rings. The summed E-state index contributed by atoms with van der Waals surface area (Å²) in [6.07, 6.45) is 1.27. The van der Waals surface area contributed by atoms with Crippen LogP contribution in [0.4, 0.5) is 0 Å². The molecule has 2 amide bonds. The Morgan fingerprint density at radius 1 is 0.861 bits per heavy atom. The van der Waals surface area contributed by atoms with Crippen LogP contribution in [0.25, 0.3) is 0 Å². The summed E-state index contributed by atoms with van der Waals surface area (Å²) in [6.45, 7) is 2.40. The van der Waals surface area contributed by atoms with Crippen LogP contribution in [-0.4, -0.2) is 34.8 Å². The lowest BCUT2D eigenvalue weighted by Crippen LogP contribution is -2.51. The average molecular weight is 488 g/mol. The van der Waals surface area contributed by atoms with Crippen LogP contribution in [0.2, 0.25) is 0 Å². The molecule has 8 heteroatoms. The van der Waals surface area contributed by atoms with Crippen molar-refractivity contribution in [1.82, 2.24) is 16.0 Å². The topological polar surface area (TPSA) is 140 Å². The Morgan fingerprint density at radius 2 is 1.47 bits per heavy atom. The van der Waals surface area contributed by atoms with Gasteiger partial charge >= 0.3 is 0 Å². The number of aromatic hydroxyl groups is 1. The standard InChI is InChI=1S/C28H33N5O3/c1-19(27(35)32-18-21-7-12-23(13-8-21)26(29)30)33-28(36)25(16-11-20-5-3-2-4-6-20)31-17-22-9-14-24(34)15-10-22/h2-10,12-15,19,25,31,34H,11,16-18H2,1H3,(H3,29,30)(H,32,35)(H,33,36)/t19-,25+/m0/s1. The van der Waals surface area contributed by atoms with E-state index in [1.807, 2.05) is 30.3 Å². The molecule has 0 radical (unpaired) electrons. The highest BCUT2D eigenvalue weighted by atomic mass is 16.3. The quantitative estimate of drug-likeness (QED) is 0.172. The van der Waals surface area contributed by atoms with Crippen LogP contribution in [0.5, 0.6) is 5.75 Å². The fourth-order valence-electron chi connectivity index (χ4n) is 3.66. The molecule has 0 aromatic heterocycles. The molecule has 0 bridgehead atoms. The number of phenols is 1. The van der Waals surface area contributed by atoms with E-state index in [1.165, 1.54) is 0 Å². The van der Waals surface area contributed by atoms with Gasteiger partial charge in [0.25, 0.3) is 0 Å². The summed E-state index contributed by atoms with van der Waals surface area (Å²) in [4.78, 5) is 25.7. The Morgan fingerprint density at radius 3 is 2.11 bits per heavy atom. The zero-order valence-corrected chi connectivity index (χ0v) is 20.3. The number of carbonyl (C=O) groups is 2. The summed E-state index contributed by atoms with van der Waals surface area (Å²) in [5.74, 6) is -0.368. The SMILES string of the molecule is C[C@H](NC(=O)[C@@H](CCc1ccccc1)NCc1ccc(O)cc1)C(=O)NCc1ccc(C(=N)N)cc1. The summed E-state index contributed by atoms with van der Waals surface area (Å²) < 4.78 is 0. The van der Waals surface area contributed by atoms with Gasteiger partial charge in [0.2, 0.25) is 11.8 Å². The van der Waals surface area contributed by atoms with E-state index < -0.39 is 12.1 Å². The number of carbonyl (C=O) groups excluding carboxylic acids is 2. The van der Waals surface area contributed by atoms with Gasteiger partial charge in [-0.1, -0.05) is 66.7 Å². The average Bonchev–Trinajstić information content (AvgIpc) is 2.89. The highest BCUT2D eigenvalue weighted by molar-refractivity contribution is 5.95. The maximum atomic E-state index is 13.1. The van der Waals surface area contributed by atoms with Gasteiger partial charge in [-0.3, -0.25) is 15.0 Å². The Bertz CT molecular complexity index is 1150. The first-order valence-corrected chi connectivity index (χ1v) is 11.9. The molecule has 0 heterocycles. The van der Waals surface area contributed by atoms with Crippen molar-refractivity contribution < 1.29 is 14.7 Å². The Kier molecular flexibility index (Phi) is 9.59. The van der Waals surface area contributed by atoms with Gasteiger partial charge in [-0.15, -0.1) is 0 Å². The molecule has 0 spiro atoms. The van der Waals surface area contributed by atoms with Crippen molar-refractivity contribution in [3.05, 3.63) is 101 Å². The van der Waals surface area contributed by atoms with E-state index in [1.54, 1.807) is 55.5 Å². The normalized spacial score (nSPS) is 12.4. The Labute approximate surface area is 211 Å². The molecule has 8 nitrogen and oxygen atoms in total. The molecule has 0 aliphatic heterocycles. The second kappa shape index (κ2) is 13.1. The van der Waals surface area contributed by atoms with Gasteiger partial charge in [0.1, 0.15) is 17.6 Å². The summed E-state index contributed by atoms with van der Waals surface area (Å²) in [7, 11) is 0. The van der Waals surface area contributed by atoms with Crippen LogP contribution < -0.4 is 21.7 Å². The van der Waals surface area contributed by atoms with E-state index in [-0.39, 0.29) is 23.4 Å². The molecule has 2 atom stereocenters. The van der Waals surface area contributed by atoms with E-state index in [0.29, 0.717) is 31.5 Å². The van der Waals surface area contributed by atoms with Crippen LogP contribution in [0.15, 0.2) is 78.9 Å². The number of hydrogen-bond acceptors (Lipinski definition) is 5. The van der Waals surface area contributed by atoms with Crippen LogP contribution >= 0.6 is 0 Å². The van der Waals surface area contributed by atoms with Crippen LogP contribution in [0.1, 0.15) is 35.6 Å². The van der Waals surface area contributed by atoms with Gasteiger partial charge in [-0.05, 0) is 48.6 Å². The second-order valence-corrected chi connectivity index (χ2v) is 8.68. The van der Waals surface area contributed by atoms with Gasteiger partial charge in [-0.25, -0.2) is 0 Å². The molecule has 0 saturated heterocycles. The van der Waals surface area contributed by atoms with E-state index in [2.05, 4.69) is 16.0 Å². The van der Waals surface area contributed by atoms with Gasteiger partial charge in [-0.2, -0.15) is 0 Å². The third-order valence-electron chi connectivity index (χ3n) is 5.85. The van der Waals surface area contributed by atoms with Crippen LogP contribution in [-0.2, 0) is 29.1 Å². The molecule has 0 aliphatic carbocycles. The van der Waals surface area contributed by atoms with Gasteiger partial charge in [0.15, 0.2) is 0 Å². The number of aryl methyl sites for hydroxylation is 1. The predicted molar refractivity (Wildman–Crippen MR) is 140 cm³/mol. The number of amidine groups is 1. The Hall–Kier alpha value is -4.17. The van der Waals surface area contributed by atoms with Gasteiger partial charge in [0, 0.05) is 18.7 Å². The number of phenolic OH excluding ortho intramolecular Hbond substituents is 1. The van der Waals surface area contributed by atoms with E-state index in [4.69, 9.17) is 11.1 Å². The number of nitrogens with two attached hydrogens (primary N) is 1. The fraction of sp³-hybridized carbons (Fsp3) is 0.250. The first-order valence-electron chi connectivity index (χ1n) is 11.9. The van der Waals surface area contributed by atoms with Crippen molar-refractivity contribution in [1.29, 1.82) is 5.41 Å². The summed E-state index contributed by atoms with van der Waals surface area (Å²) in [6, 6.07) is 22.6. The molecule has 7 N–H and O–H groups in total. The number of nitrogens with one attached hydrogen (secondary N) is 4. The molecule has 188 valence electrons. The smallest absolute Gasteiger partial charge is 0.242 e. The van der Waals surface area contributed by atoms with Crippen molar-refractivity contribution in [3.63, 3.8) is 0 Å². The van der Waals surface area contributed by atoms with E-state index in [9.17, 15) is 14.7 Å². The zero-order chi connectivity index (χ0) is 25.9. The number of amides is 2. The fourth-order valence-corrected chi connectivity index (χ4v) is 3.66. The minimum atomic E-state index is -0.719. The van der Waals surface area contributed by atoms with E-state index in [0.717, 1.165) is 16.7 Å². The lowest BCUT2D eigenvalue weighted by atomic mass is 10.0. The highest BCUT2D eigenvalue weighted by Gasteiger charge is 2.22. The number of hydrogen-bond donors (Lipinski definition) is 6. The zero-order valence-electron chi connectivity index (χ0n) is 20.3. The summed E-state index contributed by atoms with van der Waals surface area (Å²) in [5, 5.41) is 25.9. The minimum absolute atomic E-state index is 0.0113. The van der Waals surface area contributed by atoms with Crippen molar-refractivity contribution in [2.24, 2.45) is 5.73 Å². The third-order valence-corrected chi connectivity index (χ3v) is 5.85. The number of rotatable bonds is 12. The largest absolute Gasteiger partial charge is 0.508 e. The molecule has 36 heavy (non-hydrogen) atoms. The molecule has 3 aromatic carbocycles. The third kappa shape index (κ3) is 8.25. The highest BCUT2D eigenvalue weighted by Crippen LogP contribution is 2.11. The molecule has 3 rings (SSSR count).